The van der Waals surface area contributed by atoms with Crippen LogP contribution in [0.1, 0.15) is 34.8 Å². The fourth-order valence-electron chi connectivity index (χ4n) is 3.51. The first-order chi connectivity index (χ1) is 11.1. The van der Waals surface area contributed by atoms with Gasteiger partial charge in [0, 0.05) is 6.54 Å². The van der Waals surface area contributed by atoms with Crippen LogP contribution in [-0.2, 0) is 12.0 Å². The quantitative estimate of drug-likeness (QED) is 0.795. The molecule has 122 valence electrons. The third-order valence-electron chi connectivity index (χ3n) is 4.85. The van der Waals surface area contributed by atoms with Crippen molar-refractivity contribution in [1.82, 2.24) is 5.32 Å². The molecule has 4 heteroatoms. The molecule has 3 N–H and O–H groups in total. The van der Waals surface area contributed by atoms with E-state index >= 15 is 0 Å². The molecular formula is C19H22FNO2. The molecule has 23 heavy (non-hydrogen) atoms. The van der Waals surface area contributed by atoms with Gasteiger partial charge in [0.2, 0.25) is 0 Å². The highest BCUT2D eigenvalue weighted by atomic mass is 19.1. The predicted molar refractivity (Wildman–Crippen MR) is 87.6 cm³/mol. The van der Waals surface area contributed by atoms with Crippen LogP contribution in [0, 0.1) is 12.7 Å². The average molecular weight is 315 g/mol. The van der Waals surface area contributed by atoms with Crippen molar-refractivity contribution in [2.45, 2.75) is 31.4 Å². The number of aryl methyl sites for hydroxylation is 2. The van der Waals surface area contributed by atoms with E-state index in [2.05, 4.69) is 11.4 Å². The Hall–Kier alpha value is -1.75. The van der Waals surface area contributed by atoms with Crippen LogP contribution in [0.25, 0.3) is 0 Å². The molecule has 0 saturated carbocycles. The second-order valence-corrected chi connectivity index (χ2v) is 6.29. The molecule has 0 aliphatic heterocycles. The smallest absolute Gasteiger partial charge is 0.123 e. The molecule has 0 amide bonds. The molecule has 0 aromatic heterocycles. The highest BCUT2D eigenvalue weighted by Crippen LogP contribution is 2.36. The van der Waals surface area contributed by atoms with E-state index in [-0.39, 0.29) is 12.4 Å². The lowest BCUT2D eigenvalue weighted by Crippen LogP contribution is -2.45. The van der Waals surface area contributed by atoms with Crippen molar-refractivity contribution in [3.63, 3.8) is 0 Å². The van der Waals surface area contributed by atoms with Gasteiger partial charge in [0.05, 0.1) is 18.2 Å². The van der Waals surface area contributed by atoms with E-state index in [1.165, 1.54) is 17.7 Å². The summed E-state index contributed by atoms with van der Waals surface area (Å²) < 4.78 is 13.2. The first-order valence-electron chi connectivity index (χ1n) is 7.94. The summed E-state index contributed by atoms with van der Waals surface area (Å²) in [5.74, 6) is -0.303. The van der Waals surface area contributed by atoms with Gasteiger partial charge in [-0.05, 0) is 54.2 Å². The fourth-order valence-corrected chi connectivity index (χ4v) is 3.51. The zero-order chi connectivity index (χ0) is 16.4. The Morgan fingerprint density at radius 3 is 2.78 bits per heavy atom. The summed E-state index contributed by atoms with van der Waals surface area (Å²) in [4.78, 5) is 0. The van der Waals surface area contributed by atoms with Crippen LogP contribution >= 0.6 is 0 Å². The van der Waals surface area contributed by atoms with Crippen LogP contribution in [0.3, 0.4) is 0 Å². The van der Waals surface area contributed by atoms with Crippen LogP contribution in [-0.4, -0.2) is 23.4 Å². The zero-order valence-corrected chi connectivity index (χ0v) is 13.2. The lowest BCUT2D eigenvalue weighted by Gasteiger charge is -2.31. The van der Waals surface area contributed by atoms with E-state index in [0.29, 0.717) is 12.1 Å². The number of hydrogen-bond donors (Lipinski definition) is 3. The molecule has 0 heterocycles. The van der Waals surface area contributed by atoms with Crippen LogP contribution < -0.4 is 5.32 Å². The minimum Gasteiger partial charge on any atom is -0.394 e. The number of aliphatic hydroxyl groups is 2. The topological polar surface area (TPSA) is 52.5 Å². The summed E-state index contributed by atoms with van der Waals surface area (Å²) >= 11 is 0. The molecular weight excluding hydrogens is 293 g/mol. The Kier molecular flexibility index (Phi) is 4.48. The monoisotopic (exact) mass is 315 g/mol. The molecule has 0 bridgehead atoms. The molecule has 2 aromatic rings. The van der Waals surface area contributed by atoms with E-state index in [0.717, 1.165) is 24.0 Å². The van der Waals surface area contributed by atoms with Crippen LogP contribution in [0.4, 0.5) is 4.39 Å². The maximum atomic E-state index is 13.2. The van der Waals surface area contributed by atoms with Gasteiger partial charge in [-0.1, -0.05) is 30.3 Å². The number of hydrogen-bond acceptors (Lipinski definition) is 3. The Bertz CT molecular complexity index is 704. The molecule has 0 saturated heterocycles. The molecule has 2 unspecified atom stereocenters. The van der Waals surface area contributed by atoms with Crippen LogP contribution in [0.15, 0.2) is 42.5 Å². The van der Waals surface area contributed by atoms with Gasteiger partial charge >= 0.3 is 0 Å². The SMILES string of the molecule is Cc1cc(F)ccc1C(O)CNC1(CO)CCc2ccccc21. The highest BCUT2D eigenvalue weighted by molar-refractivity contribution is 5.39. The minimum atomic E-state index is -0.744. The first-order valence-corrected chi connectivity index (χ1v) is 7.94. The van der Waals surface area contributed by atoms with E-state index < -0.39 is 11.6 Å². The van der Waals surface area contributed by atoms with E-state index in [4.69, 9.17) is 0 Å². The summed E-state index contributed by atoms with van der Waals surface area (Å²) in [6.07, 6.45) is 0.972. The molecule has 1 aliphatic rings. The highest BCUT2D eigenvalue weighted by Gasteiger charge is 2.38. The number of rotatable bonds is 5. The second-order valence-electron chi connectivity index (χ2n) is 6.29. The summed E-state index contributed by atoms with van der Waals surface area (Å²) in [5.41, 5.74) is 3.26. The normalized spacial score (nSPS) is 21.2. The average Bonchev–Trinajstić information content (AvgIpc) is 2.92. The van der Waals surface area contributed by atoms with Gasteiger partial charge in [-0.25, -0.2) is 4.39 Å². The van der Waals surface area contributed by atoms with Crippen molar-refractivity contribution in [1.29, 1.82) is 0 Å². The van der Waals surface area contributed by atoms with Crippen molar-refractivity contribution >= 4 is 0 Å². The van der Waals surface area contributed by atoms with Gasteiger partial charge < -0.3 is 15.5 Å². The minimum absolute atomic E-state index is 0.0147. The van der Waals surface area contributed by atoms with E-state index in [1.54, 1.807) is 13.0 Å². The number of fused-ring (bicyclic) bond motifs is 1. The van der Waals surface area contributed by atoms with E-state index in [1.807, 2.05) is 18.2 Å². The molecule has 0 fully saturated rings. The standard InChI is InChI=1S/C19H22FNO2/c1-13-10-15(20)6-7-16(13)18(23)11-21-19(12-22)9-8-14-4-2-3-5-17(14)19/h2-7,10,18,21-23H,8-9,11-12H2,1H3. The number of benzene rings is 2. The van der Waals surface area contributed by atoms with Crippen molar-refractivity contribution in [2.75, 3.05) is 13.2 Å². The summed E-state index contributed by atoms with van der Waals surface area (Å²) in [7, 11) is 0. The van der Waals surface area contributed by atoms with Gasteiger partial charge in [-0.2, -0.15) is 0 Å². The molecule has 3 nitrogen and oxygen atoms in total. The second kappa shape index (κ2) is 6.40. The third kappa shape index (κ3) is 3.02. The zero-order valence-electron chi connectivity index (χ0n) is 13.2. The Morgan fingerprint density at radius 1 is 1.26 bits per heavy atom. The predicted octanol–water partition coefficient (Wildman–Crippen LogP) is 2.59. The lowest BCUT2D eigenvalue weighted by atomic mass is 9.92. The Balaban J connectivity index is 1.76. The summed E-state index contributed by atoms with van der Waals surface area (Å²) in [6, 6.07) is 12.5. The molecule has 0 radical (unpaired) electrons. The number of aliphatic hydroxyl groups excluding tert-OH is 2. The molecule has 2 atom stereocenters. The molecule has 0 spiro atoms. The first kappa shape index (κ1) is 16.1. The summed E-state index contributed by atoms with van der Waals surface area (Å²) in [6.45, 7) is 2.08. The van der Waals surface area contributed by atoms with Gasteiger partial charge in [-0.15, -0.1) is 0 Å². The maximum absolute atomic E-state index is 13.2. The molecule has 2 aromatic carbocycles. The van der Waals surface area contributed by atoms with Crippen molar-refractivity contribution < 1.29 is 14.6 Å². The van der Waals surface area contributed by atoms with Crippen molar-refractivity contribution in [2.24, 2.45) is 0 Å². The van der Waals surface area contributed by atoms with Crippen LogP contribution in [0.2, 0.25) is 0 Å². The number of nitrogens with one attached hydrogen (secondary N) is 1. The fraction of sp³-hybridized carbons (Fsp3) is 0.368. The largest absolute Gasteiger partial charge is 0.394 e. The van der Waals surface area contributed by atoms with Gasteiger partial charge in [-0.3, -0.25) is 0 Å². The van der Waals surface area contributed by atoms with Gasteiger partial charge in [0.25, 0.3) is 0 Å². The van der Waals surface area contributed by atoms with Gasteiger partial charge in [0.1, 0.15) is 5.82 Å². The van der Waals surface area contributed by atoms with Crippen LogP contribution in [0.5, 0.6) is 0 Å². The number of halogens is 1. The summed E-state index contributed by atoms with van der Waals surface area (Å²) in [5, 5.41) is 23.7. The maximum Gasteiger partial charge on any atom is 0.123 e. The van der Waals surface area contributed by atoms with Gasteiger partial charge in [0.15, 0.2) is 0 Å². The van der Waals surface area contributed by atoms with Crippen molar-refractivity contribution in [3.8, 4) is 0 Å². The van der Waals surface area contributed by atoms with E-state index in [9.17, 15) is 14.6 Å². The Labute approximate surface area is 135 Å². The van der Waals surface area contributed by atoms with Crippen molar-refractivity contribution in [3.05, 3.63) is 70.5 Å². The Morgan fingerprint density at radius 2 is 2.04 bits per heavy atom. The lowest BCUT2D eigenvalue weighted by molar-refractivity contribution is 0.119. The third-order valence-corrected chi connectivity index (χ3v) is 4.85. The molecule has 1 aliphatic carbocycles. The molecule has 3 rings (SSSR count).